The van der Waals surface area contributed by atoms with Gasteiger partial charge >= 0.3 is 0 Å². The van der Waals surface area contributed by atoms with E-state index in [1.165, 1.54) is 125 Å². The number of aryl methyl sites for hydroxylation is 2. The zero-order valence-corrected chi connectivity index (χ0v) is 24.7. The van der Waals surface area contributed by atoms with Crippen molar-refractivity contribution in [2.24, 2.45) is 17.3 Å². The van der Waals surface area contributed by atoms with Crippen LogP contribution in [0.15, 0.2) is 48.6 Å². The van der Waals surface area contributed by atoms with E-state index >= 15 is 0 Å². The van der Waals surface area contributed by atoms with Crippen molar-refractivity contribution < 1.29 is 0 Å². The Kier molecular flexibility index (Phi) is 16.3. The highest BCUT2D eigenvalue weighted by molar-refractivity contribution is 5.22. The summed E-state index contributed by atoms with van der Waals surface area (Å²) in [5.41, 5.74) is 6.21. The van der Waals surface area contributed by atoms with Gasteiger partial charge in [-0.2, -0.15) is 0 Å². The number of hydrogen-bond acceptors (Lipinski definition) is 0. The lowest BCUT2D eigenvalue weighted by Gasteiger charge is -2.27. The van der Waals surface area contributed by atoms with Gasteiger partial charge in [-0.05, 0) is 99.5 Å². The first-order valence-electron chi connectivity index (χ1n) is 15.0. The van der Waals surface area contributed by atoms with Crippen molar-refractivity contribution in [3.63, 3.8) is 0 Å². The van der Waals surface area contributed by atoms with Gasteiger partial charge in [0.15, 0.2) is 0 Å². The van der Waals surface area contributed by atoms with Crippen molar-refractivity contribution >= 4 is 0 Å². The van der Waals surface area contributed by atoms with E-state index in [0.717, 1.165) is 11.8 Å². The summed E-state index contributed by atoms with van der Waals surface area (Å²) in [5, 5.41) is 0. The minimum Gasteiger partial charge on any atom is -0.100 e. The highest BCUT2D eigenvalue weighted by atomic mass is 14.2. The highest BCUT2D eigenvalue weighted by Gasteiger charge is 2.19. The third-order valence-corrected chi connectivity index (χ3v) is 8.17. The number of hydrogen-bond donors (Lipinski definition) is 0. The lowest BCUT2D eigenvalue weighted by atomic mass is 9.79. The van der Waals surface area contributed by atoms with Gasteiger partial charge in [0, 0.05) is 0 Å². The molecule has 0 aliphatic rings. The SMILES string of the molecule is C=C(C)CCCCCCCCCCC(=C)CCC(C)CCc1ccc(CCC(C)C(C)(C)C)cc1. The molecule has 0 N–H and O–H groups in total. The molecule has 35 heavy (non-hydrogen) atoms. The molecule has 1 rings (SSSR count). The van der Waals surface area contributed by atoms with Crippen molar-refractivity contribution in [3.8, 4) is 0 Å². The molecule has 0 amide bonds. The molecule has 1 aromatic carbocycles. The Hall–Kier alpha value is -1.30. The monoisotopic (exact) mass is 480 g/mol. The topological polar surface area (TPSA) is 0 Å². The fourth-order valence-electron chi connectivity index (χ4n) is 4.68. The maximum atomic E-state index is 4.37. The van der Waals surface area contributed by atoms with Crippen molar-refractivity contribution in [2.75, 3.05) is 0 Å². The van der Waals surface area contributed by atoms with Crippen LogP contribution in [0.1, 0.15) is 143 Å². The Labute approximate surface area is 221 Å². The van der Waals surface area contributed by atoms with Crippen LogP contribution in [0, 0.1) is 17.3 Å². The molecule has 0 aliphatic carbocycles. The Bertz CT molecular complexity index is 684. The number of benzene rings is 1. The third kappa shape index (κ3) is 16.9. The summed E-state index contributed by atoms with van der Waals surface area (Å²) in [4.78, 5) is 0. The smallest absolute Gasteiger partial charge is 0.0276 e. The maximum Gasteiger partial charge on any atom is -0.0276 e. The molecule has 0 bridgehead atoms. The van der Waals surface area contributed by atoms with Gasteiger partial charge in [-0.15, -0.1) is 6.58 Å². The van der Waals surface area contributed by atoms with Crippen LogP contribution in [0.4, 0.5) is 0 Å². The Morgan fingerprint density at radius 3 is 1.60 bits per heavy atom. The van der Waals surface area contributed by atoms with Crippen molar-refractivity contribution in [1.82, 2.24) is 0 Å². The average molecular weight is 481 g/mol. The van der Waals surface area contributed by atoms with Gasteiger partial charge in [0.25, 0.3) is 0 Å². The Morgan fingerprint density at radius 2 is 1.11 bits per heavy atom. The minimum atomic E-state index is 0.408. The highest BCUT2D eigenvalue weighted by Crippen LogP contribution is 2.29. The second kappa shape index (κ2) is 18.0. The summed E-state index contributed by atoms with van der Waals surface area (Å²) in [6.45, 7) is 22.4. The second-order valence-electron chi connectivity index (χ2n) is 12.8. The van der Waals surface area contributed by atoms with Gasteiger partial charge in [0.2, 0.25) is 0 Å². The summed E-state index contributed by atoms with van der Waals surface area (Å²) in [6, 6.07) is 9.46. The number of allylic oxidation sites excluding steroid dienone is 2. The largest absolute Gasteiger partial charge is 0.100 e. The fraction of sp³-hybridized carbons (Fsp3) is 0.714. The first-order valence-corrected chi connectivity index (χ1v) is 15.0. The average Bonchev–Trinajstić information content (AvgIpc) is 2.80. The summed E-state index contributed by atoms with van der Waals surface area (Å²) >= 11 is 0. The van der Waals surface area contributed by atoms with Crippen LogP contribution >= 0.6 is 0 Å². The van der Waals surface area contributed by atoms with E-state index in [0.29, 0.717) is 5.41 Å². The van der Waals surface area contributed by atoms with Crippen molar-refractivity contribution in [1.29, 1.82) is 0 Å². The van der Waals surface area contributed by atoms with Gasteiger partial charge in [0.05, 0.1) is 0 Å². The third-order valence-electron chi connectivity index (χ3n) is 8.17. The van der Waals surface area contributed by atoms with E-state index in [2.05, 4.69) is 79.0 Å². The molecule has 0 heteroatoms. The van der Waals surface area contributed by atoms with Gasteiger partial charge < -0.3 is 0 Å². The molecule has 0 saturated heterocycles. The summed E-state index contributed by atoms with van der Waals surface area (Å²) in [5.74, 6) is 1.54. The van der Waals surface area contributed by atoms with E-state index in [9.17, 15) is 0 Å². The number of unbranched alkanes of at least 4 members (excludes halogenated alkanes) is 7. The van der Waals surface area contributed by atoms with Crippen LogP contribution in [0.2, 0.25) is 0 Å². The normalized spacial score (nSPS) is 13.5. The van der Waals surface area contributed by atoms with Crippen LogP contribution in [0.25, 0.3) is 0 Å². The van der Waals surface area contributed by atoms with Gasteiger partial charge in [-0.1, -0.05) is 115 Å². The predicted molar refractivity (Wildman–Crippen MR) is 160 cm³/mol. The summed E-state index contributed by atoms with van der Waals surface area (Å²) in [6.07, 6.45) is 21.0. The quantitative estimate of drug-likeness (QED) is 0.128. The molecule has 0 nitrogen and oxygen atoms in total. The van der Waals surface area contributed by atoms with Crippen LogP contribution in [0.3, 0.4) is 0 Å². The van der Waals surface area contributed by atoms with Gasteiger partial charge in [-0.3, -0.25) is 0 Å². The first kappa shape index (κ1) is 31.7. The van der Waals surface area contributed by atoms with Crippen LogP contribution in [0.5, 0.6) is 0 Å². The minimum absolute atomic E-state index is 0.408. The lowest BCUT2D eigenvalue weighted by Crippen LogP contribution is -2.17. The fourth-order valence-corrected chi connectivity index (χ4v) is 4.68. The second-order valence-corrected chi connectivity index (χ2v) is 12.8. The molecule has 0 aromatic heterocycles. The van der Waals surface area contributed by atoms with Crippen molar-refractivity contribution in [3.05, 3.63) is 59.7 Å². The molecule has 0 saturated carbocycles. The van der Waals surface area contributed by atoms with Crippen LogP contribution < -0.4 is 0 Å². The van der Waals surface area contributed by atoms with E-state index in [1.807, 2.05) is 0 Å². The Balaban J connectivity index is 2.07. The zero-order chi connectivity index (χ0) is 26.1. The maximum absolute atomic E-state index is 4.37. The lowest BCUT2D eigenvalue weighted by molar-refractivity contribution is 0.247. The standard InChI is InChI=1S/C35H60/c1-29(2)17-15-13-11-9-10-12-14-16-18-30(3)19-20-31(4)21-23-33-25-27-34(28-26-33)24-22-32(5)35(6,7)8/h25-28,31-32H,1,3,9-24H2,2,4-8H3. The van der Waals surface area contributed by atoms with E-state index < -0.39 is 0 Å². The van der Waals surface area contributed by atoms with E-state index in [-0.39, 0.29) is 0 Å². The molecular weight excluding hydrogens is 420 g/mol. The predicted octanol–water partition coefficient (Wildman–Crippen LogP) is 11.7. The van der Waals surface area contributed by atoms with E-state index in [1.54, 1.807) is 0 Å². The molecule has 0 aliphatic heterocycles. The molecular formula is C35H60. The zero-order valence-electron chi connectivity index (χ0n) is 24.7. The number of rotatable bonds is 20. The van der Waals surface area contributed by atoms with E-state index in [4.69, 9.17) is 0 Å². The van der Waals surface area contributed by atoms with Crippen LogP contribution in [-0.2, 0) is 12.8 Å². The molecule has 200 valence electrons. The van der Waals surface area contributed by atoms with Gasteiger partial charge in [-0.25, -0.2) is 0 Å². The molecule has 1 aromatic rings. The Morgan fingerprint density at radius 1 is 0.657 bits per heavy atom. The molecule has 0 radical (unpaired) electrons. The summed E-state index contributed by atoms with van der Waals surface area (Å²) in [7, 11) is 0. The molecule has 0 spiro atoms. The first-order chi connectivity index (χ1) is 16.6. The molecule has 2 unspecified atom stereocenters. The molecule has 0 heterocycles. The van der Waals surface area contributed by atoms with Crippen LogP contribution in [-0.4, -0.2) is 0 Å². The van der Waals surface area contributed by atoms with Gasteiger partial charge in [0.1, 0.15) is 0 Å². The molecule has 2 atom stereocenters. The van der Waals surface area contributed by atoms with Crippen molar-refractivity contribution in [2.45, 2.75) is 144 Å². The summed E-state index contributed by atoms with van der Waals surface area (Å²) < 4.78 is 0. The molecule has 0 fully saturated rings.